The molecule has 1 saturated heterocycles. The zero-order valence-corrected chi connectivity index (χ0v) is 22.6. The second-order valence-electron chi connectivity index (χ2n) is 9.60. The smallest absolute Gasteiger partial charge is 0.229 e. The zero-order chi connectivity index (χ0) is 27.2. The molecule has 3 N–H and O–H groups in total. The normalized spacial score (nSPS) is 20.0. The fourth-order valence-electron chi connectivity index (χ4n) is 4.69. The summed E-state index contributed by atoms with van der Waals surface area (Å²) in [5.74, 6) is 2.24. The Balaban J connectivity index is 1.28. The largest absolute Gasteiger partial charge is 0.488 e. The first-order valence-electron chi connectivity index (χ1n) is 13.0. The van der Waals surface area contributed by atoms with Gasteiger partial charge in [-0.1, -0.05) is 0 Å². The Morgan fingerprint density at radius 2 is 1.82 bits per heavy atom. The van der Waals surface area contributed by atoms with E-state index in [9.17, 15) is 8.42 Å². The van der Waals surface area contributed by atoms with Crippen molar-refractivity contribution in [1.82, 2.24) is 19.9 Å². The van der Waals surface area contributed by atoms with Crippen LogP contribution in [0.2, 0.25) is 0 Å². The summed E-state index contributed by atoms with van der Waals surface area (Å²) >= 11 is 0. The van der Waals surface area contributed by atoms with Crippen LogP contribution < -0.4 is 24.4 Å². The second-order valence-corrected chi connectivity index (χ2v) is 11.3. The maximum Gasteiger partial charge on any atom is 0.229 e. The van der Waals surface area contributed by atoms with Gasteiger partial charge in [0.15, 0.2) is 5.75 Å². The predicted molar refractivity (Wildman–Crippen MR) is 146 cm³/mol. The fraction of sp³-hybridized carbons (Fsp3) is 0.520. The lowest BCUT2D eigenvalue weighted by Crippen LogP contribution is -2.37. The van der Waals surface area contributed by atoms with Gasteiger partial charge in [-0.15, -0.1) is 0 Å². The maximum absolute atomic E-state index is 11.8. The molecule has 4 heterocycles. The first kappa shape index (κ1) is 27.1. The minimum Gasteiger partial charge on any atom is -0.488 e. The first-order valence-corrected chi connectivity index (χ1v) is 14.9. The summed E-state index contributed by atoms with van der Waals surface area (Å²) in [6.45, 7) is 2.83. The lowest BCUT2D eigenvalue weighted by atomic mass is 9.93. The number of fused-ring (bicyclic) bond motifs is 1. The number of hydrogen-bond donors (Lipinski definition) is 3. The molecule has 39 heavy (non-hydrogen) atoms. The van der Waals surface area contributed by atoms with E-state index in [0.717, 1.165) is 50.8 Å². The van der Waals surface area contributed by atoms with E-state index >= 15 is 0 Å². The van der Waals surface area contributed by atoms with Crippen LogP contribution in [0.4, 0.5) is 17.5 Å². The van der Waals surface area contributed by atoms with E-state index in [4.69, 9.17) is 24.3 Å². The Morgan fingerprint density at radius 1 is 1.08 bits per heavy atom. The molecule has 0 spiro atoms. The monoisotopic (exact) mass is 559 g/mol. The van der Waals surface area contributed by atoms with E-state index in [-0.39, 0.29) is 25.4 Å². The van der Waals surface area contributed by atoms with E-state index in [1.807, 2.05) is 6.07 Å². The van der Waals surface area contributed by atoms with Crippen molar-refractivity contribution in [2.24, 2.45) is 0 Å². The third-order valence-electron chi connectivity index (χ3n) is 6.54. The van der Waals surface area contributed by atoms with Gasteiger partial charge < -0.3 is 29.5 Å². The molecule has 0 unspecified atom stereocenters. The summed E-state index contributed by atoms with van der Waals surface area (Å²) in [6, 6.07) is 3.82. The van der Waals surface area contributed by atoms with Crippen LogP contribution in [0.3, 0.4) is 0 Å². The molecule has 0 atom stereocenters. The number of aromatic nitrogens is 4. The number of ether oxygens (including phenoxy) is 3. The van der Waals surface area contributed by atoms with Crippen molar-refractivity contribution in [3.63, 3.8) is 0 Å². The molecule has 0 radical (unpaired) electrons. The molecule has 1 aliphatic heterocycles. The van der Waals surface area contributed by atoms with Crippen molar-refractivity contribution < 1.29 is 27.7 Å². The highest BCUT2D eigenvalue weighted by molar-refractivity contribution is 7.92. The summed E-state index contributed by atoms with van der Waals surface area (Å²) in [7, 11) is -3.46. The van der Waals surface area contributed by atoms with Gasteiger partial charge in [0.1, 0.15) is 18.5 Å². The van der Waals surface area contributed by atoms with Crippen LogP contribution in [0.25, 0.3) is 10.9 Å². The zero-order valence-electron chi connectivity index (χ0n) is 21.7. The van der Waals surface area contributed by atoms with Gasteiger partial charge in [-0.3, -0.25) is 9.71 Å². The molecule has 210 valence electrons. The number of anilines is 3. The Morgan fingerprint density at radius 3 is 2.51 bits per heavy atom. The molecule has 0 amide bonds. The van der Waals surface area contributed by atoms with Gasteiger partial charge in [-0.05, 0) is 31.7 Å². The number of nitrogens with one attached hydrogen (secondary N) is 2. The van der Waals surface area contributed by atoms with E-state index in [0.29, 0.717) is 47.4 Å². The number of pyridine rings is 2. The van der Waals surface area contributed by atoms with Crippen molar-refractivity contribution in [3.05, 3.63) is 30.7 Å². The number of nitrogens with zero attached hydrogens (tertiary/aromatic N) is 5. The number of morpholine rings is 1. The molecular weight excluding hydrogens is 526 g/mol. The average Bonchev–Trinajstić information content (AvgIpc) is 2.93. The number of hydrogen-bond acceptors (Lipinski definition) is 12. The number of sulfonamides is 1. The molecule has 0 bridgehead atoms. The van der Waals surface area contributed by atoms with Crippen molar-refractivity contribution in [2.75, 3.05) is 60.7 Å². The Hall–Kier alpha value is -3.49. The van der Waals surface area contributed by atoms with Gasteiger partial charge in [0.25, 0.3) is 0 Å². The topological polar surface area (TPSA) is 161 Å². The highest BCUT2D eigenvalue weighted by Gasteiger charge is 2.25. The summed E-state index contributed by atoms with van der Waals surface area (Å²) in [5.41, 5.74) is 1.04. The lowest BCUT2D eigenvalue weighted by molar-refractivity contribution is 0.122. The van der Waals surface area contributed by atoms with E-state index in [2.05, 4.69) is 29.9 Å². The van der Waals surface area contributed by atoms with Crippen molar-refractivity contribution in [1.29, 1.82) is 0 Å². The van der Waals surface area contributed by atoms with Gasteiger partial charge in [0.05, 0.1) is 61.3 Å². The molecule has 5 rings (SSSR count). The Bertz CT molecular complexity index is 1360. The predicted octanol–water partition coefficient (Wildman–Crippen LogP) is 1.80. The fourth-order valence-corrected chi connectivity index (χ4v) is 5.23. The van der Waals surface area contributed by atoms with E-state index < -0.39 is 10.0 Å². The third-order valence-corrected chi connectivity index (χ3v) is 7.15. The van der Waals surface area contributed by atoms with Crippen LogP contribution in [0.5, 0.6) is 11.6 Å². The molecule has 3 aromatic rings. The maximum atomic E-state index is 11.8. The van der Waals surface area contributed by atoms with Crippen LogP contribution >= 0.6 is 0 Å². The second kappa shape index (κ2) is 12.1. The van der Waals surface area contributed by atoms with Crippen LogP contribution in [0, 0.1) is 0 Å². The molecule has 14 heteroatoms. The lowest BCUT2D eigenvalue weighted by Gasteiger charge is -2.31. The summed E-state index contributed by atoms with van der Waals surface area (Å²) in [6.07, 6.45) is 9.03. The van der Waals surface area contributed by atoms with Crippen molar-refractivity contribution >= 4 is 38.4 Å². The van der Waals surface area contributed by atoms with E-state index in [1.54, 1.807) is 18.5 Å². The summed E-state index contributed by atoms with van der Waals surface area (Å²) in [4.78, 5) is 20.1. The first-order chi connectivity index (χ1) is 18.9. The molecular formula is C25H33N7O6S. The summed E-state index contributed by atoms with van der Waals surface area (Å²) in [5, 5.41) is 12.9. The molecule has 1 saturated carbocycles. The third kappa shape index (κ3) is 7.34. The average molecular weight is 560 g/mol. The quantitative estimate of drug-likeness (QED) is 0.331. The number of aliphatic hydroxyl groups excluding tert-OH is 1. The molecule has 2 fully saturated rings. The minimum absolute atomic E-state index is 0.0552. The van der Waals surface area contributed by atoms with Crippen molar-refractivity contribution in [2.45, 2.75) is 37.8 Å². The standard InChI is InChI=1S/C25H33N7O6S/c1-39(34,35)31-18-12-21-22(26-14-18)13-23(32-6-9-36-10-7-32)30-24(21)38-19-4-2-17(3-5-19)29-25-27-15-20(16-28-25)37-11-8-33/h12-17,19,31,33H,2-11H2,1H3,(H,27,28,29)/t17-,19+. The number of rotatable bonds is 10. The molecule has 1 aliphatic carbocycles. The number of aliphatic hydroxyl groups is 1. The minimum atomic E-state index is -3.46. The highest BCUT2D eigenvalue weighted by Crippen LogP contribution is 2.33. The van der Waals surface area contributed by atoms with Gasteiger partial charge in [0, 0.05) is 25.2 Å². The SMILES string of the molecule is CS(=O)(=O)Nc1cnc2cc(N3CCOCC3)nc(O[C@H]3CC[C@@H](Nc4ncc(OCCO)cn4)CC3)c2c1. The van der Waals surface area contributed by atoms with Gasteiger partial charge in [0.2, 0.25) is 21.9 Å². The van der Waals surface area contributed by atoms with Gasteiger partial charge in [-0.2, -0.15) is 4.98 Å². The molecule has 0 aromatic carbocycles. The van der Waals surface area contributed by atoms with Crippen molar-refractivity contribution in [3.8, 4) is 11.6 Å². The van der Waals surface area contributed by atoms with Gasteiger partial charge >= 0.3 is 0 Å². The van der Waals surface area contributed by atoms with Crippen LogP contribution in [0.1, 0.15) is 25.7 Å². The molecule has 2 aliphatic rings. The molecule has 3 aromatic heterocycles. The summed E-state index contributed by atoms with van der Waals surface area (Å²) < 4.78 is 43.3. The highest BCUT2D eigenvalue weighted by atomic mass is 32.2. The Labute approximate surface area is 227 Å². The van der Waals surface area contributed by atoms with Crippen LogP contribution in [0.15, 0.2) is 30.7 Å². The van der Waals surface area contributed by atoms with Gasteiger partial charge in [-0.25, -0.2) is 18.4 Å². The molecule has 13 nitrogen and oxygen atoms in total. The van der Waals surface area contributed by atoms with Crippen LogP contribution in [-0.4, -0.2) is 91.4 Å². The van der Waals surface area contributed by atoms with E-state index in [1.165, 1.54) is 6.20 Å². The Kier molecular flexibility index (Phi) is 8.43. The van der Waals surface area contributed by atoms with Crippen LogP contribution in [-0.2, 0) is 14.8 Å².